The predicted molar refractivity (Wildman–Crippen MR) is 78.1 cm³/mol. The van der Waals surface area contributed by atoms with Crippen molar-refractivity contribution in [1.29, 1.82) is 0 Å². The van der Waals surface area contributed by atoms with E-state index in [9.17, 15) is 21.6 Å². The highest BCUT2D eigenvalue weighted by atomic mass is 35.5. The summed E-state index contributed by atoms with van der Waals surface area (Å²) in [7, 11) is -4.31. The van der Waals surface area contributed by atoms with Gasteiger partial charge in [0.1, 0.15) is 4.90 Å². The molecule has 0 atom stereocenters. The van der Waals surface area contributed by atoms with Crippen LogP contribution in [0.3, 0.4) is 0 Å². The standard InChI is InChI=1S/C13H10ClF3N2O2S/c14-9-6-5-8(13(15,16)17)7-12(9)22(20,21)19-11-4-2-1-3-10(11)18/h1-7,19H,18H2. The van der Waals surface area contributed by atoms with Crippen molar-refractivity contribution in [1.82, 2.24) is 0 Å². The van der Waals surface area contributed by atoms with E-state index in [1.165, 1.54) is 18.2 Å². The van der Waals surface area contributed by atoms with Gasteiger partial charge in [-0.1, -0.05) is 23.7 Å². The number of halogens is 4. The minimum atomic E-state index is -4.68. The molecule has 2 aromatic rings. The van der Waals surface area contributed by atoms with Gasteiger partial charge >= 0.3 is 6.18 Å². The van der Waals surface area contributed by atoms with Crippen molar-refractivity contribution in [3.05, 3.63) is 53.1 Å². The average Bonchev–Trinajstić information content (AvgIpc) is 2.40. The number of nitrogens with one attached hydrogen (secondary N) is 1. The van der Waals surface area contributed by atoms with Crippen LogP contribution in [-0.4, -0.2) is 8.42 Å². The van der Waals surface area contributed by atoms with Crippen LogP contribution in [0, 0.1) is 0 Å². The summed E-state index contributed by atoms with van der Waals surface area (Å²) in [6, 6.07) is 8.02. The van der Waals surface area contributed by atoms with E-state index in [0.29, 0.717) is 12.1 Å². The number of nitrogens with two attached hydrogens (primary N) is 1. The number of benzene rings is 2. The topological polar surface area (TPSA) is 72.2 Å². The van der Waals surface area contributed by atoms with Gasteiger partial charge in [-0.2, -0.15) is 13.2 Å². The van der Waals surface area contributed by atoms with Gasteiger partial charge in [-0.05, 0) is 30.3 Å². The number of alkyl halides is 3. The van der Waals surface area contributed by atoms with Crippen molar-refractivity contribution < 1.29 is 21.6 Å². The average molecular weight is 351 g/mol. The zero-order chi connectivity index (χ0) is 16.5. The number of nitrogen functional groups attached to an aromatic ring is 1. The third-order valence-electron chi connectivity index (χ3n) is 2.75. The van der Waals surface area contributed by atoms with Gasteiger partial charge in [-0.15, -0.1) is 0 Å². The first-order chi connectivity index (χ1) is 10.1. The molecule has 0 saturated carbocycles. The summed E-state index contributed by atoms with van der Waals surface area (Å²) in [6.45, 7) is 0. The quantitative estimate of drug-likeness (QED) is 0.828. The van der Waals surface area contributed by atoms with Crippen LogP contribution in [0.5, 0.6) is 0 Å². The van der Waals surface area contributed by atoms with Crippen LogP contribution < -0.4 is 10.5 Å². The molecule has 0 aliphatic carbocycles. The Hall–Kier alpha value is -1.93. The van der Waals surface area contributed by atoms with Gasteiger partial charge in [0.25, 0.3) is 10.0 Å². The second-order valence-corrected chi connectivity index (χ2v) is 6.39. The first kappa shape index (κ1) is 16.4. The molecule has 118 valence electrons. The van der Waals surface area contributed by atoms with Crippen LogP contribution in [0.15, 0.2) is 47.4 Å². The van der Waals surface area contributed by atoms with Crippen LogP contribution in [0.1, 0.15) is 5.56 Å². The van der Waals surface area contributed by atoms with Gasteiger partial charge in [0.2, 0.25) is 0 Å². The Balaban J connectivity index is 2.48. The molecule has 2 aromatic carbocycles. The lowest BCUT2D eigenvalue weighted by Gasteiger charge is -2.13. The van der Waals surface area contributed by atoms with Crippen LogP contribution in [0.25, 0.3) is 0 Å². The Kier molecular flexibility index (Phi) is 4.25. The van der Waals surface area contributed by atoms with Crippen molar-refractivity contribution in [2.75, 3.05) is 10.5 Å². The van der Waals surface area contributed by atoms with Gasteiger partial charge in [0, 0.05) is 0 Å². The number of anilines is 2. The highest BCUT2D eigenvalue weighted by molar-refractivity contribution is 7.92. The van der Waals surface area contributed by atoms with Gasteiger partial charge in [-0.3, -0.25) is 4.72 Å². The molecule has 4 nitrogen and oxygen atoms in total. The third-order valence-corrected chi connectivity index (χ3v) is 4.60. The van der Waals surface area contributed by atoms with E-state index in [1.807, 2.05) is 0 Å². The summed E-state index contributed by atoms with van der Waals surface area (Å²) in [6.07, 6.45) is -4.68. The van der Waals surface area contributed by atoms with E-state index in [0.717, 1.165) is 6.07 Å². The zero-order valence-electron chi connectivity index (χ0n) is 10.9. The van der Waals surface area contributed by atoms with Crippen molar-refractivity contribution in [2.24, 2.45) is 0 Å². The fraction of sp³-hybridized carbons (Fsp3) is 0.0769. The van der Waals surface area contributed by atoms with Crippen LogP contribution in [-0.2, 0) is 16.2 Å². The maximum atomic E-state index is 12.7. The van der Waals surface area contributed by atoms with Gasteiger partial charge in [-0.25, -0.2) is 8.42 Å². The van der Waals surface area contributed by atoms with Crippen molar-refractivity contribution in [2.45, 2.75) is 11.1 Å². The number of para-hydroxylation sites is 2. The molecule has 0 heterocycles. The van der Waals surface area contributed by atoms with Crippen LogP contribution in [0.2, 0.25) is 5.02 Å². The molecule has 0 unspecified atom stereocenters. The van der Waals surface area contributed by atoms with Crippen molar-refractivity contribution in [3.63, 3.8) is 0 Å². The Morgan fingerprint density at radius 1 is 1.09 bits per heavy atom. The summed E-state index contributed by atoms with van der Waals surface area (Å²) in [5.74, 6) is 0. The molecule has 3 N–H and O–H groups in total. The number of sulfonamides is 1. The lowest BCUT2D eigenvalue weighted by Crippen LogP contribution is -2.16. The highest BCUT2D eigenvalue weighted by Gasteiger charge is 2.32. The van der Waals surface area contributed by atoms with Crippen molar-refractivity contribution >= 4 is 33.0 Å². The summed E-state index contributed by atoms with van der Waals surface area (Å²) in [5, 5.41) is -0.324. The van der Waals surface area contributed by atoms with E-state index in [1.54, 1.807) is 6.07 Å². The van der Waals surface area contributed by atoms with Crippen molar-refractivity contribution in [3.8, 4) is 0 Å². The number of hydrogen-bond acceptors (Lipinski definition) is 3. The van der Waals surface area contributed by atoms with E-state index >= 15 is 0 Å². The SMILES string of the molecule is Nc1ccccc1NS(=O)(=O)c1cc(C(F)(F)F)ccc1Cl. The molecule has 0 bridgehead atoms. The Morgan fingerprint density at radius 2 is 1.73 bits per heavy atom. The maximum Gasteiger partial charge on any atom is 0.416 e. The normalized spacial score (nSPS) is 12.2. The van der Waals surface area contributed by atoms with Gasteiger partial charge < -0.3 is 5.73 Å². The minimum Gasteiger partial charge on any atom is -0.397 e. The van der Waals surface area contributed by atoms with E-state index in [4.69, 9.17) is 17.3 Å². The summed E-state index contributed by atoms with van der Waals surface area (Å²) < 4.78 is 64.7. The largest absolute Gasteiger partial charge is 0.416 e. The molecule has 0 spiro atoms. The lowest BCUT2D eigenvalue weighted by atomic mass is 10.2. The third kappa shape index (κ3) is 3.45. The second-order valence-electron chi connectivity index (χ2n) is 4.34. The molecule has 22 heavy (non-hydrogen) atoms. The molecule has 0 aliphatic heterocycles. The van der Waals surface area contributed by atoms with Crippen LogP contribution >= 0.6 is 11.6 Å². The molecular formula is C13H10ClF3N2O2S. The molecule has 0 fully saturated rings. The molecule has 0 aromatic heterocycles. The molecule has 9 heteroatoms. The molecule has 0 amide bonds. The molecule has 0 aliphatic rings. The van der Waals surface area contributed by atoms with Gasteiger partial charge in [0.15, 0.2) is 0 Å². The fourth-order valence-electron chi connectivity index (χ4n) is 1.68. The molecule has 2 rings (SSSR count). The Morgan fingerprint density at radius 3 is 2.32 bits per heavy atom. The number of rotatable bonds is 3. The summed E-state index contributed by atoms with van der Waals surface area (Å²) in [5.41, 5.74) is 4.68. The van der Waals surface area contributed by atoms with E-state index in [-0.39, 0.29) is 16.4 Å². The minimum absolute atomic E-state index is 0.0518. The zero-order valence-corrected chi connectivity index (χ0v) is 12.4. The molecule has 0 radical (unpaired) electrons. The molecule has 0 saturated heterocycles. The molecular weight excluding hydrogens is 341 g/mol. The summed E-state index contributed by atoms with van der Waals surface area (Å²) in [4.78, 5) is -0.674. The second kappa shape index (κ2) is 5.69. The maximum absolute atomic E-state index is 12.7. The highest BCUT2D eigenvalue weighted by Crippen LogP contribution is 2.34. The first-order valence-electron chi connectivity index (χ1n) is 5.85. The fourth-order valence-corrected chi connectivity index (χ4v) is 3.29. The van der Waals surface area contributed by atoms with E-state index < -0.39 is 26.7 Å². The monoisotopic (exact) mass is 350 g/mol. The predicted octanol–water partition coefficient (Wildman–Crippen LogP) is 3.74. The lowest BCUT2D eigenvalue weighted by molar-refractivity contribution is -0.137. The number of hydrogen-bond donors (Lipinski definition) is 2. The van der Waals surface area contributed by atoms with Crippen LogP contribution in [0.4, 0.5) is 24.5 Å². The smallest absolute Gasteiger partial charge is 0.397 e. The van der Waals surface area contributed by atoms with Gasteiger partial charge in [0.05, 0.1) is 22.0 Å². The first-order valence-corrected chi connectivity index (χ1v) is 7.71. The Labute approximate surface area is 129 Å². The van der Waals surface area contributed by atoms with E-state index in [2.05, 4.69) is 4.72 Å². The summed E-state index contributed by atoms with van der Waals surface area (Å²) >= 11 is 5.72. The Bertz CT molecular complexity index is 807.